The zero-order valence-electron chi connectivity index (χ0n) is 30.9. The highest BCUT2D eigenvalue weighted by Crippen LogP contribution is 2.32. The van der Waals surface area contributed by atoms with Gasteiger partial charge in [-0.05, 0) is 68.6 Å². The fourth-order valence-electron chi connectivity index (χ4n) is 7.31. The van der Waals surface area contributed by atoms with Crippen molar-refractivity contribution in [1.82, 2.24) is 26.0 Å². The van der Waals surface area contributed by atoms with Crippen LogP contribution in [0.3, 0.4) is 0 Å². The first-order chi connectivity index (χ1) is 25.4. The van der Waals surface area contributed by atoms with Gasteiger partial charge in [-0.3, -0.25) is 44.5 Å². The number of carbonyl (C=O) groups excluding carboxylic acids is 5. The van der Waals surface area contributed by atoms with Gasteiger partial charge in [0.05, 0.1) is 11.1 Å². The zero-order chi connectivity index (χ0) is 36.7. The Kier molecular flexibility index (Phi) is 15.0. The lowest BCUT2D eigenvalue weighted by atomic mass is 10.0. The Labute approximate surface area is 308 Å². The zero-order valence-corrected chi connectivity index (χ0v) is 30.9. The van der Waals surface area contributed by atoms with E-state index in [0.717, 1.165) is 63.4 Å². The average Bonchev–Trinajstić information content (AvgIpc) is 3.41. The smallest absolute Gasteiger partial charge is 0.265 e. The Morgan fingerprint density at radius 3 is 2.15 bits per heavy atom. The number of fused-ring (bicyclic) bond motifs is 1. The van der Waals surface area contributed by atoms with Gasteiger partial charge in [0, 0.05) is 62.6 Å². The molecule has 3 heterocycles. The molecule has 0 aromatic heterocycles. The van der Waals surface area contributed by atoms with Crippen LogP contribution in [0, 0.1) is 0 Å². The number of benzene rings is 2. The number of nitrogens with zero attached hydrogens (tertiary/aromatic N) is 3. The van der Waals surface area contributed by atoms with Crippen LogP contribution in [-0.2, 0) is 9.59 Å². The SMILES string of the molecule is CCCCCCNNC(=O)c1ccc(N2CCN(CCCCCCCCCCNc3cccc4c3C(=O)N(C3CCC(=O)NC3=O)C4=O)CC2)cc1. The van der Waals surface area contributed by atoms with Crippen molar-refractivity contribution in [2.45, 2.75) is 103 Å². The number of nitrogens with one attached hydrogen (secondary N) is 4. The fraction of sp³-hybridized carbons (Fsp3) is 0.575. The van der Waals surface area contributed by atoms with Crippen LogP contribution in [0.25, 0.3) is 0 Å². The average molecular weight is 716 g/mol. The van der Waals surface area contributed by atoms with E-state index < -0.39 is 23.8 Å². The molecule has 2 saturated heterocycles. The number of hydrogen-bond donors (Lipinski definition) is 4. The number of piperazine rings is 1. The van der Waals surface area contributed by atoms with Crippen LogP contribution in [-0.4, -0.2) is 91.2 Å². The Balaban J connectivity index is 0.882. The molecule has 0 radical (unpaired) electrons. The molecule has 1 unspecified atom stereocenters. The van der Waals surface area contributed by atoms with Crippen molar-refractivity contribution in [2.75, 3.05) is 56.0 Å². The van der Waals surface area contributed by atoms with E-state index in [9.17, 15) is 24.0 Å². The minimum atomic E-state index is -0.959. The van der Waals surface area contributed by atoms with Gasteiger partial charge in [0.15, 0.2) is 0 Å². The van der Waals surface area contributed by atoms with E-state index in [4.69, 9.17) is 0 Å². The minimum absolute atomic E-state index is 0.0883. The second-order valence-corrected chi connectivity index (χ2v) is 14.2. The molecule has 12 nitrogen and oxygen atoms in total. The van der Waals surface area contributed by atoms with Crippen LogP contribution in [0.1, 0.15) is 128 Å². The van der Waals surface area contributed by atoms with Crippen molar-refractivity contribution < 1.29 is 24.0 Å². The van der Waals surface area contributed by atoms with Crippen molar-refractivity contribution >= 4 is 40.9 Å². The lowest BCUT2D eigenvalue weighted by Gasteiger charge is -2.36. The van der Waals surface area contributed by atoms with Crippen LogP contribution in [0.5, 0.6) is 0 Å². The molecule has 5 rings (SSSR count). The number of rotatable bonds is 21. The molecule has 52 heavy (non-hydrogen) atoms. The van der Waals surface area contributed by atoms with Gasteiger partial charge in [-0.15, -0.1) is 0 Å². The largest absolute Gasteiger partial charge is 0.384 e. The summed E-state index contributed by atoms with van der Waals surface area (Å²) >= 11 is 0. The minimum Gasteiger partial charge on any atom is -0.384 e. The number of hydrogen-bond acceptors (Lipinski definition) is 9. The van der Waals surface area contributed by atoms with Crippen molar-refractivity contribution in [3.8, 4) is 0 Å². The molecule has 0 saturated carbocycles. The standard InChI is InChI=1S/C40H57N7O5/c1-2-3-4-12-24-42-44-37(49)30-17-19-31(20-18-30)46-28-26-45(27-29-46)25-13-10-8-6-5-7-9-11-23-41-33-16-14-15-32-36(33)40(52)47(39(32)51)34-21-22-35(48)43-38(34)50/h14-20,34,41-42H,2-13,21-29H2,1H3,(H,44,49)(H,43,48,50). The van der Waals surface area contributed by atoms with Crippen molar-refractivity contribution in [1.29, 1.82) is 0 Å². The van der Waals surface area contributed by atoms with Crippen LogP contribution in [0.4, 0.5) is 11.4 Å². The highest BCUT2D eigenvalue weighted by molar-refractivity contribution is 6.25. The number of carbonyl (C=O) groups is 5. The summed E-state index contributed by atoms with van der Waals surface area (Å²) in [6, 6.07) is 12.2. The van der Waals surface area contributed by atoms with Gasteiger partial charge in [0.25, 0.3) is 17.7 Å². The van der Waals surface area contributed by atoms with Crippen LogP contribution < -0.4 is 26.4 Å². The molecule has 0 bridgehead atoms. The van der Waals surface area contributed by atoms with E-state index in [2.05, 4.69) is 50.3 Å². The lowest BCUT2D eigenvalue weighted by molar-refractivity contribution is -0.136. The number of unbranched alkanes of at least 4 members (excludes halogenated alkanes) is 10. The summed E-state index contributed by atoms with van der Waals surface area (Å²) in [5.74, 6) is -2.03. The monoisotopic (exact) mass is 715 g/mol. The summed E-state index contributed by atoms with van der Waals surface area (Å²) < 4.78 is 0. The van der Waals surface area contributed by atoms with Crippen LogP contribution in [0.2, 0.25) is 0 Å². The maximum absolute atomic E-state index is 13.3. The molecule has 282 valence electrons. The molecule has 3 aliphatic rings. The van der Waals surface area contributed by atoms with Crippen molar-refractivity contribution in [3.05, 3.63) is 59.2 Å². The number of imide groups is 2. The fourth-order valence-corrected chi connectivity index (χ4v) is 7.31. The Morgan fingerprint density at radius 1 is 0.769 bits per heavy atom. The van der Waals surface area contributed by atoms with E-state index in [1.807, 2.05) is 12.1 Å². The van der Waals surface area contributed by atoms with E-state index in [-0.39, 0.29) is 24.7 Å². The maximum Gasteiger partial charge on any atom is 0.265 e. The van der Waals surface area contributed by atoms with Gasteiger partial charge in [0.2, 0.25) is 11.8 Å². The molecule has 2 aromatic carbocycles. The Hall–Kier alpha value is -4.29. The predicted octanol–water partition coefficient (Wildman–Crippen LogP) is 5.26. The van der Waals surface area contributed by atoms with Crippen LogP contribution in [0.15, 0.2) is 42.5 Å². The van der Waals surface area contributed by atoms with Gasteiger partial charge in [-0.25, -0.2) is 5.43 Å². The van der Waals surface area contributed by atoms with Gasteiger partial charge in [-0.1, -0.05) is 70.8 Å². The van der Waals surface area contributed by atoms with Gasteiger partial charge in [-0.2, -0.15) is 0 Å². The summed E-state index contributed by atoms with van der Waals surface area (Å²) in [6.45, 7) is 8.96. The highest BCUT2D eigenvalue weighted by Gasteiger charge is 2.45. The third-order valence-corrected chi connectivity index (χ3v) is 10.4. The summed E-state index contributed by atoms with van der Waals surface area (Å²) in [6.07, 6.45) is 14.3. The second-order valence-electron chi connectivity index (χ2n) is 14.2. The molecule has 0 aliphatic carbocycles. The number of amides is 5. The molecule has 2 fully saturated rings. The molecule has 4 N–H and O–H groups in total. The van der Waals surface area contributed by atoms with Crippen LogP contribution >= 0.6 is 0 Å². The quantitative estimate of drug-likeness (QED) is 0.0774. The third kappa shape index (κ3) is 10.6. The van der Waals surface area contributed by atoms with E-state index >= 15 is 0 Å². The molecular formula is C40H57N7O5. The Bertz CT molecular complexity index is 1520. The topological polar surface area (TPSA) is 143 Å². The maximum atomic E-state index is 13.3. The third-order valence-electron chi connectivity index (χ3n) is 10.4. The summed E-state index contributed by atoms with van der Waals surface area (Å²) in [4.78, 5) is 68.6. The van der Waals surface area contributed by atoms with E-state index in [1.54, 1.807) is 18.2 Å². The number of hydrazine groups is 1. The van der Waals surface area contributed by atoms with E-state index in [0.29, 0.717) is 28.9 Å². The lowest BCUT2D eigenvalue weighted by Crippen LogP contribution is -2.54. The van der Waals surface area contributed by atoms with E-state index in [1.165, 1.54) is 63.5 Å². The Morgan fingerprint density at radius 2 is 1.44 bits per heavy atom. The molecule has 12 heteroatoms. The number of anilines is 2. The van der Waals surface area contributed by atoms with Crippen molar-refractivity contribution in [3.63, 3.8) is 0 Å². The first-order valence-corrected chi connectivity index (χ1v) is 19.6. The van der Waals surface area contributed by atoms with Gasteiger partial charge < -0.3 is 10.2 Å². The first kappa shape index (κ1) is 38.9. The summed E-state index contributed by atoms with van der Waals surface area (Å²) in [5.41, 5.74) is 8.92. The predicted molar refractivity (Wildman–Crippen MR) is 203 cm³/mol. The van der Waals surface area contributed by atoms with Gasteiger partial charge in [0.1, 0.15) is 6.04 Å². The normalized spacial score (nSPS) is 17.8. The highest BCUT2D eigenvalue weighted by atomic mass is 16.2. The molecule has 5 amide bonds. The number of piperidine rings is 1. The van der Waals surface area contributed by atoms with Gasteiger partial charge >= 0.3 is 0 Å². The second kappa shape index (κ2) is 20.1. The summed E-state index contributed by atoms with van der Waals surface area (Å²) in [7, 11) is 0. The van der Waals surface area contributed by atoms with Crippen molar-refractivity contribution in [2.24, 2.45) is 0 Å². The molecule has 2 aromatic rings. The molecule has 1 atom stereocenters. The molecular weight excluding hydrogens is 658 g/mol. The summed E-state index contributed by atoms with van der Waals surface area (Å²) in [5, 5.41) is 5.58. The molecule has 3 aliphatic heterocycles. The first-order valence-electron chi connectivity index (χ1n) is 19.6. The molecule has 0 spiro atoms.